The van der Waals surface area contributed by atoms with Crippen LogP contribution in [-0.4, -0.2) is 35.7 Å². The van der Waals surface area contributed by atoms with Gasteiger partial charge in [0.25, 0.3) is 0 Å². The van der Waals surface area contributed by atoms with Gasteiger partial charge in [-0.25, -0.2) is 4.98 Å². The van der Waals surface area contributed by atoms with Gasteiger partial charge in [-0.2, -0.15) is 0 Å². The molecule has 0 saturated heterocycles. The monoisotopic (exact) mass is 342 g/mol. The molecular formula is C19H26N4O2. The minimum atomic E-state index is 0.510. The normalized spacial score (nSPS) is 11.8. The zero-order chi connectivity index (χ0) is 18.1. The molecule has 0 fully saturated rings. The van der Waals surface area contributed by atoms with Gasteiger partial charge in [0.15, 0.2) is 11.4 Å². The summed E-state index contributed by atoms with van der Waals surface area (Å²) < 4.78 is 11.4. The molecule has 0 aliphatic carbocycles. The molecule has 0 amide bonds. The van der Waals surface area contributed by atoms with Crippen LogP contribution in [0.2, 0.25) is 0 Å². The Bertz CT molecular complexity index is 858. The average Bonchev–Trinajstić information content (AvgIpc) is 3.06. The molecule has 0 atom stereocenters. The van der Waals surface area contributed by atoms with Gasteiger partial charge in [-0.1, -0.05) is 19.0 Å². The molecule has 0 aromatic carbocycles. The second kappa shape index (κ2) is 6.88. The van der Waals surface area contributed by atoms with Crippen molar-refractivity contribution >= 4 is 16.8 Å². The van der Waals surface area contributed by atoms with E-state index in [-0.39, 0.29) is 0 Å². The summed E-state index contributed by atoms with van der Waals surface area (Å²) in [5, 5.41) is 8.52. The van der Waals surface area contributed by atoms with Crippen molar-refractivity contribution in [3.63, 3.8) is 0 Å². The molecule has 3 rings (SSSR count). The summed E-state index contributed by atoms with van der Waals surface area (Å²) in [4.78, 5) is 6.90. The fraction of sp³-hybridized carbons (Fsp3) is 0.474. The van der Waals surface area contributed by atoms with Crippen molar-refractivity contribution in [1.29, 1.82) is 0 Å². The molecule has 0 radical (unpaired) electrons. The number of aryl methyl sites for hydroxylation is 2. The molecular weight excluding hydrogens is 316 g/mol. The maximum Gasteiger partial charge on any atom is 0.176 e. The highest BCUT2D eigenvalue weighted by molar-refractivity contribution is 5.91. The van der Waals surface area contributed by atoms with E-state index in [2.05, 4.69) is 35.3 Å². The van der Waals surface area contributed by atoms with E-state index < -0.39 is 0 Å². The predicted molar refractivity (Wildman–Crippen MR) is 99.7 cm³/mol. The van der Waals surface area contributed by atoms with E-state index >= 15 is 0 Å². The van der Waals surface area contributed by atoms with E-state index in [0.717, 1.165) is 58.3 Å². The SMILES string of the molecule is Cc1noc(C)c1-c1cc2cc(CN(C)C)oc2c(NCC(C)C)n1. The maximum atomic E-state index is 6.07. The summed E-state index contributed by atoms with van der Waals surface area (Å²) in [7, 11) is 4.05. The topological polar surface area (TPSA) is 67.3 Å². The zero-order valence-electron chi connectivity index (χ0n) is 15.8. The van der Waals surface area contributed by atoms with Crippen molar-refractivity contribution in [2.75, 3.05) is 26.0 Å². The fourth-order valence-corrected chi connectivity index (χ4v) is 2.89. The second-order valence-corrected chi connectivity index (χ2v) is 7.20. The first-order chi connectivity index (χ1) is 11.8. The van der Waals surface area contributed by atoms with Crippen molar-refractivity contribution in [2.45, 2.75) is 34.2 Å². The first kappa shape index (κ1) is 17.5. The number of nitrogens with one attached hydrogen (secondary N) is 1. The van der Waals surface area contributed by atoms with Gasteiger partial charge in [-0.15, -0.1) is 0 Å². The van der Waals surface area contributed by atoms with Gasteiger partial charge in [-0.05, 0) is 46.0 Å². The Morgan fingerprint density at radius 2 is 1.96 bits per heavy atom. The van der Waals surface area contributed by atoms with E-state index in [1.165, 1.54) is 0 Å². The summed E-state index contributed by atoms with van der Waals surface area (Å²) >= 11 is 0. The average molecular weight is 342 g/mol. The summed E-state index contributed by atoms with van der Waals surface area (Å²) in [6, 6.07) is 4.13. The van der Waals surface area contributed by atoms with Crippen LogP contribution in [0.1, 0.15) is 31.1 Å². The molecule has 134 valence electrons. The quantitative estimate of drug-likeness (QED) is 0.723. The molecule has 3 aromatic rings. The van der Waals surface area contributed by atoms with Crippen LogP contribution in [0.15, 0.2) is 21.1 Å². The number of furan rings is 1. The fourth-order valence-electron chi connectivity index (χ4n) is 2.89. The summed E-state index contributed by atoms with van der Waals surface area (Å²) in [6.45, 7) is 9.76. The number of hydrogen-bond acceptors (Lipinski definition) is 6. The molecule has 0 bridgehead atoms. The van der Waals surface area contributed by atoms with Crippen LogP contribution in [0, 0.1) is 19.8 Å². The van der Waals surface area contributed by atoms with E-state index in [0.29, 0.717) is 5.92 Å². The summed E-state index contributed by atoms with van der Waals surface area (Å²) in [6.07, 6.45) is 0. The lowest BCUT2D eigenvalue weighted by Gasteiger charge is -2.10. The molecule has 6 heteroatoms. The van der Waals surface area contributed by atoms with Gasteiger partial charge in [0.2, 0.25) is 0 Å². The van der Waals surface area contributed by atoms with E-state index in [1.807, 2.05) is 34.0 Å². The Kier molecular flexibility index (Phi) is 4.81. The van der Waals surface area contributed by atoms with E-state index in [1.54, 1.807) is 0 Å². The summed E-state index contributed by atoms with van der Waals surface area (Å²) in [5.74, 6) is 2.98. The van der Waals surface area contributed by atoms with Gasteiger partial charge in [0.05, 0.1) is 23.5 Å². The predicted octanol–water partition coefficient (Wildman–Crippen LogP) is 4.23. The molecule has 25 heavy (non-hydrogen) atoms. The third-order valence-electron chi connectivity index (χ3n) is 3.99. The van der Waals surface area contributed by atoms with Gasteiger partial charge in [0.1, 0.15) is 11.5 Å². The number of hydrogen-bond donors (Lipinski definition) is 1. The van der Waals surface area contributed by atoms with Gasteiger partial charge in [0, 0.05) is 11.9 Å². The molecule has 0 aliphatic heterocycles. The molecule has 0 aliphatic rings. The number of anilines is 1. The van der Waals surface area contributed by atoms with Crippen molar-refractivity contribution in [2.24, 2.45) is 5.92 Å². The maximum absolute atomic E-state index is 6.07. The Balaban J connectivity index is 2.12. The molecule has 3 heterocycles. The number of fused-ring (bicyclic) bond motifs is 1. The van der Waals surface area contributed by atoms with Gasteiger partial charge in [-0.3, -0.25) is 0 Å². The van der Waals surface area contributed by atoms with Crippen LogP contribution in [0.5, 0.6) is 0 Å². The lowest BCUT2D eigenvalue weighted by molar-refractivity contribution is 0.358. The third-order valence-corrected chi connectivity index (χ3v) is 3.99. The number of pyridine rings is 1. The number of aromatic nitrogens is 2. The standard InChI is InChI=1S/C19H26N4O2/c1-11(2)9-20-19-18-14(7-15(24-18)10-23(5)6)8-16(21-19)17-12(3)22-25-13(17)4/h7-8,11H,9-10H2,1-6H3,(H,20,21). The van der Waals surface area contributed by atoms with Crippen molar-refractivity contribution < 1.29 is 8.94 Å². The molecule has 0 saturated carbocycles. The minimum Gasteiger partial charge on any atom is -0.456 e. The Morgan fingerprint density at radius 1 is 1.20 bits per heavy atom. The Morgan fingerprint density at radius 3 is 2.56 bits per heavy atom. The number of nitrogens with zero attached hydrogens (tertiary/aromatic N) is 3. The minimum absolute atomic E-state index is 0.510. The highest BCUT2D eigenvalue weighted by Gasteiger charge is 2.18. The molecule has 1 N–H and O–H groups in total. The first-order valence-electron chi connectivity index (χ1n) is 8.60. The van der Waals surface area contributed by atoms with E-state index in [4.69, 9.17) is 13.9 Å². The van der Waals surface area contributed by atoms with Crippen molar-refractivity contribution in [3.05, 3.63) is 29.3 Å². The van der Waals surface area contributed by atoms with E-state index in [9.17, 15) is 0 Å². The van der Waals surface area contributed by atoms with Crippen LogP contribution >= 0.6 is 0 Å². The van der Waals surface area contributed by atoms with Crippen LogP contribution in [-0.2, 0) is 6.54 Å². The first-order valence-corrected chi connectivity index (χ1v) is 8.60. The molecule has 0 spiro atoms. The lowest BCUT2D eigenvalue weighted by Crippen LogP contribution is -2.10. The van der Waals surface area contributed by atoms with Crippen molar-refractivity contribution in [3.8, 4) is 11.3 Å². The Labute approximate surface area is 148 Å². The number of rotatable bonds is 6. The molecule has 0 unspecified atom stereocenters. The Hall–Kier alpha value is -2.34. The van der Waals surface area contributed by atoms with Crippen LogP contribution < -0.4 is 5.32 Å². The third kappa shape index (κ3) is 3.69. The molecule has 6 nitrogen and oxygen atoms in total. The van der Waals surface area contributed by atoms with Crippen LogP contribution in [0.3, 0.4) is 0 Å². The zero-order valence-corrected chi connectivity index (χ0v) is 15.8. The summed E-state index contributed by atoms with van der Waals surface area (Å²) in [5.41, 5.74) is 3.45. The highest BCUT2D eigenvalue weighted by atomic mass is 16.5. The van der Waals surface area contributed by atoms with Crippen LogP contribution in [0.4, 0.5) is 5.82 Å². The lowest BCUT2D eigenvalue weighted by atomic mass is 10.1. The van der Waals surface area contributed by atoms with Crippen molar-refractivity contribution in [1.82, 2.24) is 15.0 Å². The molecule has 3 aromatic heterocycles. The largest absolute Gasteiger partial charge is 0.456 e. The smallest absolute Gasteiger partial charge is 0.176 e. The van der Waals surface area contributed by atoms with Crippen LogP contribution in [0.25, 0.3) is 22.2 Å². The van der Waals surface area contributed by atoms with Gasteiger partial charge >= 0.3 is 0 Å². The second-order valence-electron chi connectivity index (χ2n) is 7.20. The highest BCUT2D eigenvalue weighted by Crippen LogP contribution is 2.33. The van der Waals surface area contributed by atoms with Gasteiger partial charge < -0.3 is 19.2 Å².